The van der Waals surface area contributed by atoms with Gasteiger partial charge in [0, 0.05) is 5.56 Å². The Morgan fingerprint density at radius 3 is 2.25 bits per heavy atom. The molecule has 0 heterocycles. The van der Waals surface area contributed by atoms with Crippen molar-refractivity contribution in [3.8, 4) is 0 Å². The molecule has 0 N–H and O–H groups in total. The quantitative estimate of drug-likeness (QED) is 0.574. The van der Waals surface area contributed by atoms with Gasteiger partial charge in [-0.3, -0.25) is 9.59 Å². The van der Waals surface area contributed by atoms with Crippen LogP contribution in [0.25, 0.3) is 5.57 Å². The minimum Gasteiger partial charge on any atom is -0.299 e. The molecule has 2 nitrogen and oxygen atoms in total. The molecule has 0 radical (unpaired) electrons. The standard InChI is InChI=1S/C14H16O2/c1-14(2,3)13(8-9-15)12-7-5-4-6-11(12)10-16/h4-10H,1-3H3/b13-8-. The lowest BCUT2D eigenvalue weighted by atomic mass is 9.80. The first-order valence-electron chi connectivity index (χ1n) is 5.21. The monoisotopic (exact) mass is 216 g/mol. The minimum absolute atomic E-state index is 0.167. The number of allylic oxidation sites excluding steroid dienone is 2. The zero-order valence-electron chi connectivity index (χ0n) is 9.86. The van der Waals surface area contributed by atoms with Gasteiger partial charge in [0.05, 0.1) is 0 Å². The summed E-state index contributed by atoms with van der Waals surface area (Å²) in [4.78, 5) is 21.6. The maximum absolute atomic E-state index is 10.9. The van der Waals surface area contributed by atoms with E-state index in [1.54, 1.807) is 6.07 Å². The smallest absolute Gasteiger partial charge is 0.150 e. The fourth-order valence-corrected chi connectivity index (χ4v) is 1.66. The summed E-state index contributed by atoms with van der Waals surface area (Å²) in [5.41, 5.74) is 2.16. The van der Waals surface area contributed by atoms with Gasteiger partial charge in [-0.2, -0.15) is 0 Å². The maximum atomic E-state index is 10.9. The van der Waals surface area contributed by atoms with Crippen molar-refractivity contribution >= 4 is 18.1 Å². The Kier molecular flexibility index (Phi) is 3.78. The second-order valence-corrected chi connectivity index (χ2v) is 4.67. The number of rotatable bonds is 3. The molecule has 1 rings (SSSR count). The van der Waals surface area contributed by atoms with Crippen LogP contribution < -0.4 is 0 Å². The lowest BCUT2D eigenvalue weighted by molar-refractivity contribution is -0.104. The van der Waals surface area contributed by atoms with E-state index >= 15 is 0 Å². The van der Waals surface area contributed by atoms with Gasteiger partial charge in [-0.05, 0) is 22.6 Å². The van der Waals surface area contributed by atoms with Crippen molar-refractivity contribution in [2.75, 3.05) is 0 Å². The molecule has 84 valence electrons. The highest BCUT2D eigenvalue weighted by Crippen LogP contribution is 2.34. The normalized spacial score (nSPS) is 12.3. The third-order valence-electron chi connectivity index (χ3n) is 2.42. The van der Waals surface area contributed by atoms with Crippen molar-refractivity contribution < 1.29 is 9.59 Å². The van der Waals surface area contributed by atoms with Crippen LogP contribution in [0.3, 0.4) is 0 Å². The van der Waals surface area contributed by atoms with Crippen molar-refractivity contribution in [1.82, 2.24) is 0 Å². The summed E-state index contributed by atoms with van der Waals surface area (Å²) >= 11 is 0. The third-order valence-corrected chi connectivity index (χ3v) is 2.42. The lowest BCUT2D eigenvalue weighted by Crippen LogP contribution is -2.10. The van der Waals surface area contributed by atoms with Crippen LogP contribution in [0.15, 0.2) is 30.3 Å². The van der Waals surface area contributed by atoms with Crippen LogP contribution in [0.4, 0.5) is 0 Å². The summed E-state index contributed by atoms with van der Waals surface area (Å²) in [6.07, 6.45) is 3.12. The van der Waals surface area contributed by atoms with E-state index in [0.717, 1.165) is 23.7 Å². The Bertz CT molecular complexity index is 423. The van der Waals surface area contributed by atoms with Gasteiger partial charge in [0.15, 0.2) is 6.29 Å². The van der Waals surface area contributed by atoms with Crippen LogP contribution in [0.5, 0.6) is 0 Å². The Hall–Kier alpha value is -1.70. The first-order chi connectivity index (χ1) is 7.50. The first kappa shape index (κ1) is 12.4. The summed E-state index contributed by atoms with van der Waals surface area (Å²) in [5.74, 6) is 0. The molecule has 0 aliphatic heterocycles. The van der Waals surface area contributed by atoms with E-state index in [1.807, 2.05) is 39.0 Å². The number of benzene rings is 1. The first-order valence-corrected chi connectivity index (χ1v) is 5.21. The Morgan fingerprint density at radius 2 is 1.75 bits per heavy atom. The van der Waals surface area contributed by atoms with Crippen LogP contribution >= 0.6 is 0 Å². The van der Waals surface area contributed by atoms with Gasteiger partial charge in [-0.25, -0.2) is 0 Å². The van der Waals surface area contributed by atoms with E-state index in [0.29, 0.717) is 5.56 Å². The molecule has 16 heavy (non-hydrogen) atoms. The van der Waals surface area contributed by atoms with Gasteiger partial charge in [-0.15, -0.1) is 0 Å². The average molecular weight is 216 g/mol. The summed E-state index contributed by atoms with van der Waals surface area (Å²) in [7, 11) is 0. The molecular formula is C14H16O2. The fraction of sp³-hybridized carbons (Fsp3) is 0.286. The van der Waals surface area contributed by atoms with Crippen LogP contribution in [-0.2, 0) is 4.79 Å². The van der Waals surface area contributed by atoms with Gasteiger partial charge in [-0.1, -0.05) is 45.0 Å². The van der Waals surface area contributed by atoms with Crippen LogP contribution in [0, 0.1) is 5.41 Å². The Morgan fingerprint density at radius 1 is 1.12 bits per heavy atom. The third kappa shape index (κ3) is 2.66. The molecule has 2 heteroatoms. The topological polar surface area (TPSA) is 34.1 Å². The molecule has 0 bridgehead atoms. The highest BCUT2D eigenvalue weighted by atomic mass is 16.1. The molecule has 0 fully saturated rings. The van der Waals surface area contributed by atoms with Crippen molar-refractivity contribution in [1.29, 1.82) is 0 Å². The molecule has 0 aliphatic rings. The molecule has 0 aromatic heterocycles. The number of aldehydes is 2. The summed E-state index contributed by atoms with van der Waals surface area (Å²) < 4.78 is 0. The van der Waals surface area contributed by atoms with E-state index < -0.39 is 0 Å². The Balaban J connectivity index is 3.38. The molecule has 1 aromatic rings. The zero-order valence-corrected chi connectivity index (χ0v) is 9.86. The molecule has 0 spiro atoms. The highest BCUT2D eigenvalue weighted by molar-refractivity contribution is 5.91. The second kappa shape index (κ2) is 4.88. The average Bonchev–Trinajstić information content (AvgIpc) is 2.24. The van der Waals surface area contributed by atoms with Gasteiger partial charge in [0.1, 0.15) is 6.29 Å². The number of hydrogen-bond acceptors (Lipinski definition) is 2. The molecular weight excluding hydrogens is 200 g/mol. The van der Waals surface area contributed by atoms with Crippen molar-refractivity contribution in [3.63, 3.8) is 0 Å². The zero-order chi connectivity index (χ0) is 12.2. The second-order valence-electron chi connectivity index (χ2n) is 4.67. The van der Waals surface area contributed by atoms with E-state index in [-0.39, 0.29) is 5.41 Å². The largest absolute Gasteiger partial charge is 0.299 e. The number of carbonyl (C=O) groups is 2. The van der Waals surface area contributed by atoms with E-state index in [1.165, 1.54) is 6.08 Å². The van der Waals surface area contributed by atoms with Crippen molar-refractivity contribution in [2.45, 2.75) is 20.8 Å². The predicted molar refractivity (Wildman–Crippen MR) is 65.3 cm³/mol. The molecule has 0 unspecified atom stereocenters. The van der Waals surface area contributed by atoms with E-state index in [4.69, 9.17) is 0 Å². The molecule has 0 amide bonds. The summed E-state index contributed by atoms with van der Waals surface area (Å²) in [5, 5.41) is 0. The van der Waals surface area contributed by atoms with Gasteiger partial charge < -0.3 is 0 Å². The van der Waals surface area contributed by atoms with Gasteiger partial charge in [0.2, 0.25) is 0 Å². The molecule has 1 aromatic carbocycles. The SMILES string of the molecule is CC(C)(C)/C(=C\C=O)c1ccccc1C=O. The van der Waals surface area contributed by atoms with E-state index in [9.17, 15) is 9.59 Å². The molecule has 0 saturated heterocycles. The summed E-state index contributed by atoms with van der Waals surface area (Å²) in [6.45, 7) is 6.05. The van der Waals surface area contributed by atoms with Crippen LogP contribution in [-0.4, -0.2) is 12.6 Å². The predicted octanol–water partition coefficient (Wildman–Crippen LogP) is 3.13. The van der Waals surface area contributed by atoms with Crippen LogP contribution in [0.2, 0.25) is 0 Å². The summed E-state index contributed by atoms with van der Waals surface area (Å²) in [6, 6.07) is 7.30. The lowest BCUT2D eigenvalue weighted by Gasteiger charge is -2.23. The van der Waals surface area contributed by atoms with Crippen molar-refractivity contribution in [2.24, 2.45) is 5.41 Å². The van der Waals surface area contributed by atoms with Gasteiger partial charge in [0.25, 0.3) is 0 Å². The number of hydrogen-bond donors (Lipinski definition) is 0. The molecule has 0 atom stereocenters. The minimum atomic E-state index is -0.167. The maximum Gasteiger partial charge on any atom is 0.150 e. The van der Waals surface area contributed by atoms with Gasteiger partial charge >= 0.3 is 0 Å². The molecule has 0 aliphatic carbocycles. The Labute approximate surface area is 96.0 Å². The fourth-order valence-electron chi connectivity index (χ4n) is 1.66. The molecule has 0 saturated carbocycles. The highest BCUT2D eigenvalue weighted by Gasteiger charge is 2.20. The number of carbonyl (C=O) groups excluding carboxylic acids is 2. The van der Waals surface area contributed by atoms with E-state index in [2.05, 4.69) is 0 Å². The van der Waals surface area contributed by atoms with Crippen molar-refractivity contribution in [3.05, 3.63) is 41.5 Å². The van der Waals surface area contributed by atoms with Crippen LogP contribution in [0.1, 0.15) is 36.7 Å².